The molecule has 0 aromatic heterocycles. The first-order chi connectivity index (χ1) is 9.60. The Kier molecular flexibility index (Phi) is 3.98. The van der Waals surface area contributed by atoms with Crippen LogP contribution in [0, 0.1) is 11.6 Å². The number of hydrogen-bond donors (Lipinski definition) is 0. The second-order valence-corrected chi connectivity index (χ2v) is 3.98. The van der Waals surface area contributed by atoms with Crippen LogP contribution in [0.2, 0.25) is 0 Å². The molecule has 104 valence electrons. The van der Waals surface area contributed by atoms with Gasteiger partial charge in [-0.25, -0.2) is 9.18 Å². The van der Waals surface area contributed by atoms with E-state index in [1.54, 1.807) is 24.3 Å². The number of hydrogen-bond acceptors (Lipinski definition) is 3. The van der Waals surface area contributed by atoms with Gasteiger partial charge in [-0.15, -0.1) is 0 Å². The van der Waals surface area contributed by atoms with E-state index in [2.05, 4.69) is 4.74 Å². The Hall–Kier alpha value is -2.43. The van der Waals surface area contributed by atoms with Gasteiger partial charge in [-0.1, -0.05) is 18.2 Å². The lowest BCUT2D eigenvalue weighted by molar-refractivity contribution is 0.0601. The van der Waals surface area contributed by atoms with Gasteiger partial charge in [0.25, 0.3) is 0 Å². The maximum Gasteiger partial charge on any atom is 0.338 e. The van der Waals surface area contributed by atoms with Crippen LogP contribution in [0.4, 0.5) is 8.78 Å². The molecule has 0 atom stereocenters. The summed E-state index contributed by atoms with van der Waals surface area (Å²) in [6.45, 7) is 0. The van der Waals surface area contributed by atoms with Crippen LogP contribution in [0.15, 0.2) is 36.4 Å². The average Bonchev–Trinajstić information content (AvgIpc) is 2.49. The predicted molar refractivity (Wildman–Crippen MR) is 69.7 cm³/mol. The first-order valence-electron chi connectivity index (χ1n) is 5.79. The van der Waals surface area contributed by atoms with Gasteiger partial charge in [0.15, 0.2) is 11.6 Å². The molecule has 0 heterocycles. The van der Waals surface area contributed by atoms with Crippen molar-refractivity contribution in [1.29, 1.82) is 0 Å². The second kappa shape index (κ2) is 5.69. The van der Waals surface area contributed by atoms with E-state index in [-0.39, 0.29) is 16.9 Å². The van der Waals surface area contributed by atoms with Crippen molar-refractivity contribution in [3.63, 3.8) is 0 Å². The first kappa shape index (κ1) is 14.0. The molecule has 0 radical (unpaired) electrons. The molecule has 0 amide bonds. The molecule has 20 heavy (non-hydrogen) atoms. The van der Waals surface area contributed by atoms with Crippen LogP contribution in [-0.4, -0.2) is 20.2 Å². The van der Waals surface area contributed by atoms with Crippen LogP contribution in [-0.2, 0) is 4.74 Å². The van der Waals surface area contributed by atoms with Crippen molar-refractivity contribution in [2.24, 2.45) is 0 Å². The second-order valence-electron chi connectivity index (χ2n) is 3.98. The van der Waals surface area contributed by atoms with Crippen LogP contribution in [0.25, 0.3) is 11.1 Å². The fourth-order valence-electron chi connectivity index (χ4n) is 1.95. The molecule has 0 unspecified atom stereocenters. The van der Waals surface area contributed by atoms with Crippen LogP contribution in [0.3, 0.4) is 0 Å². The average molecular weight is 278 g/mol. The maximum atomic E-state index is 13.7. The van der Waals surface area contributed by atoms with Crippen molar-refractivity contribution < 1.29 is 23.0 Å². The fraction of sp³-hybridized carbons (Fsp3) is 0.133. The zero-order valence-corrected chi connectivity index (χ0v) is 10.9. The molecule has 3 nitrogen and oxygen atoms in total. The minimum absolute atomic E-state index is 0.249. The van der Waals surface area contributed by atoms with E-state index >= 15 is 0 Å². The van der Waals surface area contributed by atoms with Gasteiger partial charge in [-0.05, 0) is 23.8 Å². The van der Waals surface area contributed by atoms with E-state index in [0.29, 0.717) is 5.56 Å². The highest BCUT2D eigenvalue weighted by molar-refractivity contribution is 5.98. The fourth-order valence-corrected chi connectivity index (χ4v) is 1.95. The minimum Gasteiger partial charge on any atom is -0.493 e. The Morgan fingerprint density at radius 3 is 2.35 bits per heavy atom. The molecular weight excluding hydrogens is 266 g/mol. The third-order valence-electron chi connectivity index (χ3n) is 2.88. The first-order valence-corrected chi connectivity index (χ1v) is 5.79. The summed E-state index contributed by atoms with van der Waals surface area (Å²) in [5.74, 6) is -2.92. The number of carbonyl (C=O) groups is 1. The van der Waals surface area contributed by atoms with Gasteiger partial charge >= 0.3 is 5.97 Å². The number of benzene rings is 2. The van der Waals surface area contributed by atoms with E-state index in [1.807, 2.05) is 0 Å². The molecule has 0 aliphatic carbocycles. The highest BCUT2D eigenvalue weighted by Crippen LogP contribution is 2.35. The molecule has 2 aromatic carbocycles. The Balaban J connectivity index is 2.69. The molecular formula is C15H12F2O3. The van der Waals surface area contributed by atoms with Crippen molar-refractivity contribution in [2.75, 3.05) is 14.2 Å². The minimum atomic E-state index is -1.09. The van der Waals surface area contributed by atoms with Gasteiger partial charge in [-0.3, -0.25) is 0 Å². The summed E-state index contributed by atoms with van der Waals surface area (Å²) >= 11 is 0. The summed E-state index contributed by atoms with van der Waals surface area (Å²) in [6.07, 6.45) is 0. The maximum absolute atomic E-state index is 13.7. The number of rotatable bonds is 3. The molecule has 0 saturated carbocycles. The summed E-state index contributed by atoms with van der Waals surface area (Å²) in [5, 5.41) is 0. The molecule has 0 spiro atoms. The standard InChI is InChI=1S/C15H12F2O3/c1-19-14-10(7-8-12(16)13(14)17)9-5-3-4-6-11(9)15(18)20-2/h3-8H,1-2H3. The Labute approximate surface area is 114 Å². The quantitative estimate of drug-likeness (QED) is 0.807. The van der Waals surface area contributed by atoms with Crippen LogP contribution < -0.4 is 4.74 Å². The topological polar surface area (TPSA) is 35.5 Å². The van der Waals surface area contributed by atoms with E-state index in [4.69, 9.17) is 4.74 Å². The molecule has 2 aromatic rings. The summed E-state index contributed by atoms with van der Waals surface area (Å²) in [5.41, 5.74) is 0.946. The lowest BCUT2D eigenvalue weighted by Gasteiger charge is -2.12. The Morgan fingerprint density at radius 1 is 1.00 bits per heavy atom. The Bertz CT molecular complexity index is 654. The molecule has 0 aliphatic heterocycles. The van der Waals surface area contributed by atoms with Gasteiger partial charge in [0.1, 0.15) is 0 Å². The van der Waals surface area contributed by atoms with E-state index in [0.717, 1.165) is 6.07 Å². The normalized spacial score (nSPS) is 10.2. The number of ether oxygens (including phenoxy) is 2. The van der Waals surface area contributed by atoms with Crippen LogP contribution in [0.5, 0.6) is 5.75 Å². The van der Waals surface area contributed by atoms with Crippen molar-refractivity contribution in [3.8, 4) is 16.9 Å². The molecule has 2 rings (SSSR count). The van der Waals surface area contributed by atoms with E-state index < -0.39 is 17.6 Å². The van der Waals surface area contributed by atoms with Crippen LogP contribution >= 0.6 is 0 Å². The lowest BCUT2D eigenvalue weighted by Crippen LogP contribution is -2.04. The largest absolute Gasteiger partial charge is 0.493 e. The SMILES string of the molecule is COC(=O)c1ccccc1-c1ccc(F)c(F)c1OC. The van der Waals surface area contributed by atoms with Crippen molar-refractivity contribution in [2.45, 2.75) is 0 Å². The van der Waals surface area contributed by atoms with E-state index in [1.165, 1.54) is 20.3 Å². The molecule has 0 aliphatic rings. The monoisotopic (exact) mass is 278 g/mol. The molecule has 0 fully saturated rings. The number of methoxy groups -OCH3 is 2. The van der Waals surface area contributed by atoms with Crippen molar-refractivity contribution in [1.82, 2.24) is 0 Å². The van der Waals surface area contributed by atoms with Gasteiger partial charge in [-0.2, -0.15) is 4.39 Å². The molecule has 0 saturated heterocycles. The van der Waals surface area contributed by atoms with E-state index in [9.17, 15) is 13.6 Å². The van der Waals surface area contributed by atoms with Gasteiger partial charge in [0.2, 0.25) is 5.82 Å². The summed E-state index contributed by atoms with van der Waals surface area (Å²) in [4.78, 5) is 11.7. The molecule has 0 N–H and O–H groups in total. The van der Waals surface area contributed by atoms with Crippen molar-refractivity contribution in [3.05, 3.63) is 53.6 Å². The highest BCUT2D eigenvalue weighted by Gasteiger charge is 2.20. The number of carbonyl (C=O) groups excluding carboxylic acids is 1. The summed E-state index contributed by atoms with van der Waals surface area (Å²) in [6, 6.07) is 8.84. The number of esters is 1. The number of halogens is 2. The zero-order valence-electron chi connectivity index (χ0n) is 10.9. The Morgan fingerprint density at radius 2 is 1.70 bits per heavy atom. The molecule has 0 bridgehead atoms. The zero-order chi connectivity index (χ0) is 14.7. The van der Waals surface area contributed by atoms with Crippen LogP contribution in [0.1, 0.15) is 10.4 Å². The highest BCUT2D eigenvalue weighted by atomic mass is 19.2. The molecule has 5 heteroatoms. The lowest BCUT2D eigenvalue weighted by atomic mass is 9.98. The summed E-state index contributed by atoms with van der Waals surface area (Å²) in [7, 11) is 2.49. The van der Waals surface area contributed by atoms with Crippen molar-refractivity contribution >= 4 is 5.97 Å². The third kappa shape index (κ3) is 2.34. The van der Waals surface area contributed by atoms with Gasteiger partial charge in [0, 0.05) is 5.56 Å². The summed E-state index contributed by atoms with van der Waals surface area (Å²) < 4.78 is 36.6. The smallest absolute Gasteiger partial charge is 0.338 e. The van der Waals surface area contributed by atoms with Gasteiger partial charge in [0.05, 0.1) is 19.8 Å². The predicted octanol–water partition coefficient (Wildman–Crippen LogP) is 3.43. The van der Waals surface area contributed by atoms with Gasteiger partial charge < -0.3 is 9.47 Å². The third-order valence-corrected chi connectivity index (χ3v) is 2.88.